The lowest BCUT2D eigenvalue weighted by Gasteiger charge is -2.40. The summed E-state index contributed by atoms with van der Waals surface area (Å²) in [5.74, 6) is -3.24. The summed E-state index contributed by atoms with van der Waals surface area (Å²) in [6.07, 6.45) is 66.6. The quantitative estimate of drug-likeness (QED) is 0.0228. The molecule has 0 spiro atoms. The molecule has 0 saturated carbocycles. The van der Waals surface area contributed by atoms with Gasteiger partial charge in [0.25, 0.3) is 0 Å². The van der Waals surface area contributed by atoms with E-state index in [1.54, 1.807) is 0 Å². The molecule has 0 aliphatic carbocycles. The van der Waals surface area contributed by atoms with Crippen LogP contribution < -0.4 is 0 Å². The highest BCUT2D eigenvalue weighted by Crippen LogP contribution is 2.26. The molecule has 12 nitrogen and oxygen atoms in total. The van der Waals surface area contributed by atoms with Crippen molar-refractivity contribution < 1.29 is 58.2 Å². The van der Waals surface area contributed by atoms with Crippen molar-refractivity contribution in [2.75, 3.05) is 13.2 Å². The zero-order valence-electron chi connectivity index (χ0n) is 50.0. The van der Waals surface area contributed by atoms with E-state index >= 15 is 0 Å². The molecular formula is C69H106O12. The van der Waals surface area contributed by atoms with Gasteiger partial charge in [0.1, 0.15) is 18.8 Å². The number of aliphatic hydroxyl groups excluding tert-OH is 2. The second-order valence-corrected chi connectivity index (χ2v) is 20.2. The van der Waals surface area contributed by atoms with E-state index in [-0.39, 0.29) is 25.9 Å². The minimum Gasteiger partial charge on any atom is -0.479 e. The lowest BCUT2D eigenvalue weighted by Crippen LogP contribution is -2.61. The van der Waals surface area contributed by atoms with Gasteiger partial charge >= 0.3 is 23.9 Å². The van der Waals surface area contributed by atoms with Gasteiger partial charge in [0.2, 0.25) is 0 Å². The number of unbranched alkanes of at least 4 members (excludes halogenated alkanes) is 12. The van der Waals surface area contributed by atoms with Crippen LogP contribution >= 0.6 is 0 Å². The van der Waals surface area contributed by atoms with Gasteiger partial charge in [-0.1, -0.05) is 205 Å². The number of hydrogen-bond donors (Lipinski definition) is 3. The Kier molecular flexibility index (Phi) is 50.1. The number of rotatable bonds is 50. The molecule has 0 radical (unpaired) electrons. The second-order valence-electron chi connectivity index (χ2n) is 20.2. The molecule has 81 heavy (non-hydrogen) atoms. The minimum atomic E-state index is -1.93. The van der Waals surface area contributed by atoms with E-state index < -0.39 is 67.3 Å². The fourth-order valence-corrected chi connectivity index (χ4v) is 8.28. The molecule has 6 atom stereocenters. The van der Waals surface area contributed by atoms with Crippen LogP contribution in [0.15, 0.2) is 146 Å². The fourth-order valence-electron chi connectivity index (χ4n) is 8.28. The number of ether oxygens (including phenoxy) is 5. The summed E-state index contributed by atoms with van der Waals surface area (Å²) in [5, 5.41) is 31.6. The first-order valence-corrected chi connectivity index (χ1v) is 30.8. The zero-order chi connectivity index (χ0) is 58.9. The standard InChI is InChI=1S/C69H106O12/c1-4-7-10-13-16-19-22-25-28-30-31-33-36-39-42-45-48-51-54-57-63(72)80-67-65(74)64(73)66(68(75)76)81-69(67)78-59-60(79-62(71)56-53-50-47-44-41-38-34-27-24-21-18-15-12-9-6-3)58-77-61(70)55-52-49-46-43-40-37-35-32-29-26-23-20-17-14-11-8-5-2/h7-12,16-21,25-29,31,33-35,37,39,42,60,64-67,69,73-74H,4-6,13-15,22-24,30,32,36,38,40-41,43-59H2,1-3H3,(H,75,76)/b10-7-,11-8-,12-9-,19-16-,20-17-,21-18-,28-25-,29-26-,33-31-,34-27-,37-35-,42-39-. The topological polar surface area (TPSA) is 175 Å². The smallest absolute Gasteiger partial charge is 0.335 e. The van der Waals surface area contributed by atoms with Gasteiger partial charge in [-0.3, -0.25) is 14.4 Å². The average Bonchev–Trinajstić information content (AvgIpc) is 3.54. The number of aliphatic carboxylic acids is 1. The number of aliphatic hydroxyl groups is 2. The van der Waals surface area contributed by atoms with Crippen LogP contribution in [-0.2, 0) is 42.9 Å². The zero-order valence-corrected chi connectivity index (χ0v) is 50.0. The maximum Gasteiger partial charge on any atom is 0.335 e. The largest absolute Gasteiger partial charge is 0.479 e. The number of carboxylic acids is 1. The van der Waals surface area contributed by atoms with Crippen molar-refractivity contribution >= 4 is 23.9 Å². The molecule has 3 N–H and O–H groups in total. The van der Waals surface area contributed by atoms with Crippen LogP contribution in [0.25, 0.3) is 0 Å². The first kappa shape index (κ1) is 73.6. The van der Waals surface area contributed by atoms with Gasteiger partial charge in [-0.2, -0.15) is 0 Å². The molecule has 0 amide bonds. The molecule has 1 saturated heterocycles. The van der Waals surface area contributed by atoms with Gasteiger partial charge in [-0.05, 0) is 135 Å². The Hall–Kier alpha value is -5.40. The van der Waals surface area contributed by atoms with Gasteiger partial charge in [-0.25, -0.2) is 4.79 Å². The van der Waals surface area contributed by atoms with Crippen LogP contribution in [0.2, 0.25) is 0 Å². The highest BCUT2D eigenvalue weighted by molar-refractivity contribution is 5.74. The van der Waals surface area contributed by atoms with E-state index in [0.717, 1.165) is 154 Å². The van der Waals surface area contributed by atoms with Crippen LogP contribution in [0.3, 0.4) is 0 Å². The summed E-state index contributed by atoms with van der Waals surface area (Å²) in [6, 6.07) is 0. The van der Waals surface area contributed by atoms with Crippen molar-refractivity contribution in [2.45, 2.75) is 250 Å². The van der Waals surface area contributed by atoms with Crippen LogP contribution in [0.5, 0.6) is 0 Å². The average molecular weight is 1130 g/mol. The third-order valence-corrected chi connectivity index (χ3v) is 12.9. The maximum absolute atomic E-state index is 13.2. The predicted octanol–water partition coefficient (Wildman–Crippen LogP) is 16.3. The maximum atomic E-state index is 13.2. The van der Waals surface area contributed by atoms with Gasteiger partial charge < -0.3 is 39.0 Å². The van der Waals surface area contributed by atoms with Crippen LogP contribution in [0.4, 0.5) is 0 Å². The first-order chi connectivity index (χ1) is 39.6. The lowest BCUT2D eigenvalue weighted by atomic mass is 9.98. The Bertz CT molecular complexity index is 1960. The minimum absolute atomic E-state index is 0.00797. The molecule has 6 unspecified atom stereocenters. The van der Waals surface area contributed by atoms with Gasteiger partial charge in [0.15, 0.2) is 24.6 Å². The first-order valence-electron chi connectivity index (χ1n) is 30.8. The monoisotopic (exact) mass is 1130 g/mol. The number of carboxylic acid groups (broad SMARTS) is 1. The van der Waals surface area contributed by atoms with Crippen molar-refractivity contribution in [3.05, 3.63) is 146 Å². The molecule has 1 rings (SSSR count). The second kappa shape index (κ2) is 55.2. The Morgan fingerprint density at radius 1 is 0.407 bits per heavy atom. The Balaban J connectivity index is 2.74. The highest BCUT2D eigenvalue weighted by Gasteiger charge is 2.50. The summed E-state index contributed by atoms with van der Waals surface area (Å²) in [7, 11) is 0. The number of carbonyl (C=O) groups excluding carboxylic acids is 3. The van der Waals surface area contributed by atoms with E-state index in [0.29, 0.717) is 19.3 Å². The SMILES string of the molecule is CC/C=C\C/C=C\C/C=C\C/C=C\C/C=C\CCCCCC(=O)OC1C(OCC(COC(=O)CCCCCC/C=C\C/C=C\C/C=C\C/C=C\CC)OC(=O)CCCCCCC/C=C\C/C=C\C/C=C\CC)OC(C(=O)O)C(O)C1O. The van der Waals surface area contributed by atoms with Crippen LogP contribution in [0.1, 0.15) is 213 Å². The van der Waals surface area contributed by atoms with Gasteiger partial charge in [0.05, 0.1) is 6.61 Å². The normalized spacial score (nSPS) is 18.8. The molecule has 1 aliphatic heterocycles. The van der Waals surface area contributed by atoms with Crippen LogP contribution in [-0.4, -0.2) is 89.2 Å². The molecule has 1 fully saturated rings. The van der Waals surface area contributed by atoms with Gasteiger partial charge in [-0.15, -0.1) is 0 Å². The number of allylic oxidation sites excluding steroid dienone is 24. The van der Waals surface area contributed by atoms with Crippen molar-refractivity contribution in [3.8, 4) is 0 Å². The number of esters is 3. The van der Waals surface area contributed by atoms with E-state index in [9.17, 15) is 34.5 Å². The summed E-state index contributed by atoms with van der Waals surface area (Å²) < 4.78 is 28.4. The molecule has 0 aromatic rings. The summed E-state index contributed by atoms with van der Waals surface area (Å²) in [6.45, 7) is 5.60. The van der Waals surface area contributed by atoms with E-state index in [1.807, 2.05) is 0 Å². The molecule has 0 aromatic heterocycles. The van der Waals surface area contributed by atoms with Crippen molar-refractivity contribution in [1.29, 1.82) is 0 Å². The molecule has 0 bridgehead atoms. The van der Waals surface area contributed by atoms with Crippen molar-refractivity contribution in [2.24, 2.45) is 0 Å². The Morgan fingerprint density at radius 3 is 1.14 bits per heavy atom. The van der Waals surface area contributed by atoms with E-state index in [2.05, 4.69) is 167 Å². The van der Waals surface area contributed by atoms with Crippen LogP contribution in [0, 0.1) is 0 Å². The highest BCUT2D eigenvalue weighted by atomic mass is 16.7. The van der Waals surface area contributed by atoms with E-state index in [1.165, 1.54) is 0 Å². The van der Waals surface area contributed by atoms with Crippen molar-refractivity contribution in [1.82, 2.24) is 0 Å². The number of hydrogen-bond acceptors (Lipinski definition) is 11. The summed E-state index contributed by atoms with van der Waals surface area (Å²) in [5.41, 5.74) is 0. The molecule has 1 heterocycles. The lowest BCUT2D eigenvalue weighted by molar-refractivity contribution is -0.301. The number of carbonyl (C=O) groups is 4. The summed E-state index contributed by atoms with van der Waals surface area (Å²) in [4.78, 5) is 51.3. The fraction of sp³-hybridized carbons (Fsp3) is 0.594. The molecule has 0 aromatic carbocycles. The molecule has 12 heteroatoms. The van der Waals surface area contributed by atoms with E-state index in [4.69, 9.17) is 23.7 Å². The van der Waals surface area contributed by atoms with Crippen molar-refractivity contribution in [3.63, 3.8) is 0 Å². The third kappa shape index (κ3) is 44.9. The predicted molar refractivity (Wildman–Crippen MR) is 330 cm³/mol. The Morgan fingerprint density at radius 2 is 0.741 bits per heavy atom. The molecule has 454 valence electrons. The third-order valence-electron chi connectivity index (χ3n) is 12.9. The van der Waals surface area contributed by atoms with Gasteiger partial charge in [0, 0.05) is 19.3 Å². The summed E-state index contributed by atoms with van der Waals surface area (Å²) >= 11 is 0. The molecular weight excluding hydrogens is 1020 g/mol. The Labute approximate surface area is 489 Å². The molecule has 1 aliphatic rings.